The van der Waals surface area contributed by atoms with Crippen LogP contribution in [0.2, 0.25) is 0 Å². The highest BCUT2D eigenvalue weighted by molar-refractivity contribution is 7.99. The maximum Gasteiger partial charge on any atom is 0.236 e. The molecule has 0 spiro atoms. The molecular formula is C16H17N5OS3. The normalized spacial score (nSPS) is 10.8. The molecule has 130 valence electrons. The van der Waals surface area contributed by atoms with Gasteiger partial charge in [0.2, 0.25) is 5.91 Å². The zero-order valence-corrected chi connectivity index (χ0v) is 16.3. The summed E-state index contributed by atoms with van der Waals surface area (Å²) in [6.07, 6.45) is 3.46. The first kappa shape index (κ1) is 17.8. The number of rotatable bonds is 7. The van der Waals surface area contributed by atoms with Crippen molar-refractivity contribution < 1.29 is 4.79 Å². The summed E-state index contributed by atoms with van der Waals surface area (Å²) in [5, 5.41) is 16.6. The molecule has 0 aromatic carbocycles. The van der Waals surface area contributed by atoms with E-state index in [-0.39, 0.29) is 11.7 Å². The number of aryl methyl sites for hydroxylation is 1. The minimum Gasteiger partial charge on any atom is -0.301 e. The highest BCUT2D eigenvalue weighted by Gasteiger charge is 2.18. The topological polar surface area (TPSA) is 72.7 Å². The smallest absolute Gasteiger partial charge is 0.236 e. The predicted octanol–water partition coefficient (Wildman–Crippen LogP) is 4.00. The Balaban J connectivity index is 1.76. The van der Waals surface area contributed by atoms with Gasteiger partial charge in [-0.1, -0.05) is 17.8 Å². The van der Waals surface area contributed by atoms with E-state index in [0.29, 0.717) is 16.8 Å². The number of carbonyl (C=O) groups is 1. The molecule has 3 aromatic rings. The van der Waals surface area contributed by atoms with Crippen molar-refractivity contribution >= 4 is 45.5 Å². The Morgan fingerprint density at radius 3 is 2.88 bits per heavy atom. The number of carbonyl (C=O) groups excluding carboxylic acids is 1. The SMILES string of the molecule is C=CCn1c(SCC(=O)Nc2nccs2)nnc1-c1csc(C)c1C. The van der Waals surface area contributed by atoms with Gasteiger partial charge in [0, 0.05) is 33.9 Å². The fourth-order valence-corrected chi connectivity index (χ4v) is 4.35. The Kier molecular flexibility index (Phi) is 5.67. The van der Waals surface area contributed by atoms with E-state index in [9.17, 15) is 4.79 Å². The van der Waals surface area contributed by atoms with Crippen molar-refractivity contribution in [2.45, 2.75) is 25.5 Å². The van der Waals surface area contributed by atoms with E-state index in [1.807, 2.05) is 9.95 Å². The summed E-state index contributed by atoms with van der Waals surface area (Å²) in [6, 6.07) is 0. The molecule has 3 rings (SSSR count). The largest absolute Gasteiger partial charge is 0.301 e. The number of thioether (sulfide) groups is 1. The van der Waals surface area contributed by atoms with Gasteiger partial charge in [-0.2, -0.15) is 0 Å². The summed E-state index contributed by atoms with van der Waals surface area (Å²) >= 11 is 4.45. The van der Waals surface area contributed by atoms with Gasteiger partial charge in [-0.3, -0.25) is 9.36 Å². The molecule has 25 heavy (non-hydrogen) atoms. The van der Waals surface area contributed by atoms with Crippen LogP contribution in [-0.2, 0) is 11.3 Å². The molecule has 1 amide bonds. The zero-order chi connectivity index (χ0) is 17.8. The molecule has 0 aliphatic rings. The number of allylic oxidation sites excluding steroid dienone is 1. The molecule has 0 bridgehead atoms. The van der Waals surface area contributed by atoms with Crippen molar-refractivity contribution in [3.8, 4) is 11.4 Å². The van der Waals surface area contributed by atoms with Gasteiger partial charge in [-0.15, -0.1) is 39.4 Å². The Morgan fingerprint density at radius 2 is 2.24 bits per heavy atom. The highest BCUT2D eigenvalue weighted by atomic mass is 32.2. The molecule has 1 N–H and O–H groups in total. The first-order chi connectivity index (χ1) is 12.1. The van der Waals surface area contributed by atoms with Crippen LogP contribution in [-0.4, -0.2) is 31.4 Å². The second-order valence-electron chi connectivity index (χ2n) is 5.21. The fourth-order valence-electron chi connectivity index (χ4n) is 2.19. The molecule has 3 heterocycles. The number of amides is 1. The van der Waals surface area contributed by atoms with Crippen molar-refractivity contribution in [3.05, 3.63) is 40.1 Å². The lowest BCUT2D eigenvalue weighted by molar-refractivity contribution is -0.113. The lowest BCUT2D eigenvalue weighted by Crippen LogP contribution is -2.14. The molecule has 9 heteroatoms. The van der Waals surface area contributed by atoms with Gasteiger partial charge in [0.1, 0.15) is 0 Å². The van der Waals surface area contributed by atoms with Crippen molar-refractivity contribution in [1.82, 2.24) is 19.7 Å². The van der Waals surface area contributed by atoms with E-state index in [1.54, 1.807) is 23.6 Å². The molecule has 0 saturated heterocycles. The van der Waals surface area contributed by atoms with Crippen molar-refractivity contribution in [2.24, 2.45) is 0 Å². The number of thiophene rings is 1. The molecule has 0 aliphatic heterocycles. The van der Waals surface area contributed by atoms with Crippen LogP contribution in [0, 0.1) is 13.8 Å². The Morgan fingerprint density at radius 1 is 1.40 bits per heavy atom. The van der Waals surface area contributed by atoms with E-state index in [2.05, 4.69) is 46.3 Å². The van der Waals surface area contributed by atoms with Gasteiger partial charge in [0.15, 0.2) is 16.1 Å². The van der Waals surface area contributed by atoms with Crippen LogP contribution in [0.15, 0.2) is 34.8 Å². The number of nitrogens with zero attached hydrogens (tertiary/aromatic N) is 4. The number of hydrogen-bond donors (Lipinski definition) is 1. The van der Waals surface area contributed by atoms with Gasteiger partial charge >= 0.3 is 0 Å². The van der Waals surface area contributed by atoms with Crippen molar-refractivity contribution in [3.63, 3.8) is 0 Å². The zero-order valence-electron chi connectivity index (χ0n) is 13.9. The van der Waals surface area contributed by atoms with E-state index >= 15 is 0 Å². The summed E-state index contributed by atoms with van der Waals surface area (Å²) in [5.74, 6) is 0.943. The Labute approximate surface area is 158 Å². The number of nitrogens with one attached hydrogen (secondary N) is 1. The van der Waals surface area contributed by atoms with Crippen molar-refractivity contribution in [2.75, 3.05) is 11.1 Å². The predicted molar refractivity (Wildman–Crippen MR) is 104 cm³/mol. The third-order valence-corrected chi connectivity index (χ3v) is 6.23. The fraction of sp³-hybridized carbons (Fsp3) is 0.250. The number of aromatic nitrogens is 4. The monoisotopic (exact) mass is 391 g/mol. The standard InChI is InChI=1S/C16H17N5OS3/c1-4-6-21-14(12-8-24-11(3)10(12)2)19-20-16(21)25-9-13(22)18-15-17-5-7-23-15/h4-5,7-8H,1,6,9H2,2-3H3,(H,17,18,22). The van der Waals surface area contributed by atoms with Gasteiger partial charge < -0.3 is 5.32 Å². The highest BCUT2D eigenvalue weighted by Crippen LogP contribution is 2.31. The average Bonchev–Trinajstić information content (AvgIpc) is 3.30. The number of anilines is 1. The number of hydrogen-bond acceptors (Lipinski definition) is 7. The Bertz CT molecular complexity index is 882. The molecule has 0 radical (unpaired) electrons. The summed E-state index contributed by atoms with van der Waals surface area (Å²) in [7, 11) is 0. The average molecular weight is 392 g/mol. The number of thiazole rings is 1. The molecule has 0 saturated carbocycles. The van der Waals surface area contributed by atoms with Gasteiger partial charge in [0.25, 0.3) is 0 Å². The van der Waals surface area contributed by atoms with Crippen LogP contribution < -0.4 is 5.32 Å². The minimum atomic E-state index is -0.114. The van der Waals surface area contributed by atoms with Crippen LogP contribution in [0.5, 0.6) is 0 Å². The van der Waals surface area contributed by atoms with E-state index < -0.39 is 0 Å². The summed E-state index contributed by atoms with van der Waals surface area (Å²) in [4.78, 5) is 17.4. The van der Waals surface area contributed by atoms with Gasteiger partial charge in [0.05, 0.1) is 5.75 Å². The summed E-state index contributed by atoms with van der Waals surface area (Å²) < 4.78 is 1.99. The van der Waals surface area contributed by atoms with Crippen LogP contribution in [0.25, 0.3) is 11.4 Å². The third kappa shape index (κ3) is 4.00. The van der Waals surface area contributed by atoms with E-state index in [0.717, 1.165) is 11.4 Å². The van der Waals surface area contributed by atoms with E-state index in [4.69, 9.17) is 0 Å². The van der Waals surface area contributed by atoms with Crippen LogP contribution >= 0.6 is 34.4 Å². The lowest BCUT2D eigenvalue weighted by atomic mass is 10.1. The molecular weight excluding hydrogens is 374 g/mol. The summed E-state index contributed by atoms with van der Waals surface area (Å²) in [5.41, 5.74) is 2.29. The van der Waals surface area contributed by atoms with Crippen molar-refractivity contribution in [1.29, 1.82) is 0 Å². The quantitative estimate of drug-likeness (QED) is 0.487. The maximum atomic E-state index is 12.0. The Hall–Kier alpha value is -1.97. The molecule has 0 aliphatic carbocycles. The van der Waals surface area contributed by atoms with Crippen LogP contribution in [0.3, 0.4) is 0 Å². The second kappa shape index (κ2) is 7.94. The van der Waals surface area contributed by atoms with Crippen LogP contribution in [0.4, 0.5) is 5.13 Å². The van der Waals surface area contributed by atoms with Gasteiger partial charge in [-0.25, -0.2) is 4.98 Å². The molecule has 0 atom stereocenters. The van der Waals surface area contributed by atoms with Gasteiger partial charge in [-0.05, 0) is 19.4 Å². The summed E-state index contributed by atoms with van der Waals surface area (Å²) in [6.45, 7) is 8.58. The molecule has 0 unspecified atom stereocenters. The van der Waals surface area contributed by atoms with E-state index in [1.165, 1.54) is 33.5 Å². The first-order valence-electron chi connectivity index (χ1n) is 7.51. The maximum absolute atomic E-state index is 12.0. The first-order valence-corrected chi connectivity index (χ1v) is 10.3. The third-order valence-electron chi connectivity index (χ3n) is 3.57. The van der Waals surface area contributed by atoms with Crippen LogP contribution in [0.1, 0.15) is 10.4 Å². The lowest BCUT2D eigenvalue weighted by Gasteiger charge is -2.07. The minimum absolute atomic E-state index is 0.114. The molecule has 3 aromatic heterocycles. The molecule has 6 nitrogen and oxygen atoms in total. The molecule has 0 fully saturated rings. The second-order valence-corrected chi connectivity index (χ2v) is 8.13.